The molecule has 1 heterocycles. The van der Waals surface area contributed by atoms with E-state index in [9.17, 15) is 0 Å². The lowest BCUT2D eigenvalue weighted by molar-refractivity contribution is -0.0295. The smallest absolute Gasteiger partial charge is 0.0589 e. The van der Waals surface area contributed by atoms with Gasteiger partial charge in [0.05, 0.1) is 13.2 Å². The van der Waals surface area contributed by atoms with Crippen LogP contribution in [0.15, 0.2) is 0 Å². The molecule has 0 aromatic carbocycles. The summed E-state index contributed by atoms with van der Waals surface area (Å²) >= 11 is 0. The first kappa shape index (κ1) is 18.8. The zero-order chi connectivity index (χ0) is 15.4. The third-order valence-corrected chi connectivity index (χ3v) is 4.15. The summed E-state index contributed by atoms with van der Waals surface area (Å²) in [5.74, 6) is 0. The van der Waals surface area contributed by atoms with Gasteiger partial charge in [-0.3, -0.25) is 0 Å². The maximum Gasteiger partial charge on any atom is 0.0589 e. The molecule has 1 fully saturated rings. The molecule has 126 valence electrons. The van der Waals surface area contributed by atoms with Gasteiger partial charge in [-0.15, -0.1) is 0 Å². The van der Waals surface area contributed by atoms with Gasteiger partial charge in [-0.2, -0.15) is 0 Å². The summed E-state index contributed by atoms with van der Waals surface area (Å²) in [7, 11) is 3.53. The third-order valence-electron chi connectivity index (χ3n) is 4.15. The Hall–Kier alpha value is -0.200. The number of nitrogens with one attached hydrogen (secondary N) is 1. The molecule has 0 aliphatic carbocycles. The molecule has 1 saturated heterocycles. The molecule has 0 saturated carbocycles. The lowest BCUT2D eigenvalue weighted by Crippen LogP contribution is -2.50. The SMILES string of the molecule is CCNCC1(CN(CCCOC)CCOC)CCCOC1. The molecular formula is C16H34N2O3. The average molecular weight is 302 g/mol. The van der Waals surface area contributed by atoms with Crippen LogP contribution in [0.2, 0.25) is 0 Å². The monoisotopic (exact) mass is 302 g/mol. The minimum atomic E-state index is 0.245. The summed E-state index contributed by atoms with van der Waals surface area (Å²) in [4.78, 5) is 2.51. The molecule has 0 aromatic heterocycles. The number of ether oxygens (including phenoxy) is 3. The Labute approximate surface area is 130 Å². The molecule has 1 atom stereocenters. The summed E-state index contributed by atoms with van der Waals surface area (Å²) in [6.45, 7) is 10.7. The van der Waals surface area contributed by atoms with Crippen LogP contribution in [0.25, 0.3) is 0 Å². The van der Waals surface area contributed by atoms with Crippen LogP contribution in [-0.2, 0) is 14.2 Å². The normalized spacial score (nSPS) is 22.9. The molecule has 0 aromatic rings. The molecule has 21 heavy (non-hydrogen) atoms. The zero-order valence-corrected chi connectivity index (χ0v) is 14.2. The van der Waals surface area contributed by atoms with Gasteiger partial charge in [0.2, 0.25) is 0 Å². The van der Waals surface area contributed by atoms with Crippen molar-refractivity contribution in [2.75, 3.05) is 73.4 Å². The van der Waals surface area contributed by atoms with Crippen LogP contribution in [0.4, 0.5) is 0 Å². The molecule has 0 bridgehead atoms. The fourth-order valence-electron chi connectivity index (χ4n) is 3.02. The van der Waals surface area contributed by atoms with E-state index in [1.165, 1.54) is 12.8 Å². The molecule has 0 spiro atoms. The first-order chi connectivity index (χ1) is 10.3. The summed E-state index contributed by atoms with van der Waals surface area (Å²) in [6, 6.07) is 0. The number of nitrogens with zero attached hydrogens (tertiary/aromatic N) is 1. The summed E-state index contributed by atoms with van der Waals surface area (Å²) in [5.41, 5.74) is 0.245. The Morgan fingerprint density at radius 1 is 1.19 bits per heavy atom. The van der Waals surface area contributed by atoms with Crippen molar-refractivity contribution in [2.24, 2.45) is 5.41 Å². The van der Waals surface area contributed by atoms with Crippen molar-refractivity contribution in [3.05, 3.63) is 0 Å². The Morgan fingerprint density at radius 2 is 2.00 bits per heavy atom. The molecule has 1 unspecified atom stereocenters. The molecule has 1 aliphatic rings. The molecule has 0 radical (unpaired) electrons. The fraction of sp³-hybridized carbons (Fsp3) is 1.00. The highest BCUT2D eigenvalue weighted by Gasteiger charge is 2.34. The van der Waals surface area contributed by atoms with Gasteiger partial charge >= 0.3 is 0 Å². The van der Waals surface area contributed by atoms with Gasteiger partial charge in [-0.1, -0.05) is 6.92 Å². The van der Waals surface area contributed by atoms with Crippen LogP contribution in [0.3, 0.4) is 0 Å². The number of hydrogen-bond donors (Lipinski definition) is 1. The first-order valence-corrected chi connectivity index (χ1v) is 8.25. The van der Waals surface area contributed by atoms with E-state index in [0.29, 0.717) is 0 Å². The highest BCUT2D eigenvalue weighted by atomic mass is 16.5. The van der Waals surface area contributed by atoms with Crippen molar-refractivity contribution in [1.82, 2.24) is 10.2 Å². The largest absolute Gasteiger partial charge is 0.385 e. The molecule has 5 nitrogen and oxygen atoms in total. The molecule has 1 aliphatic heterocycles. The number of rotatable bonds is 12. The van der Waals surface area contributed by atoms with Gasteiger partial charge in [0, 0.05) is 59.0 Å². The highest BCUT2D eigenvalue weighted by molar-refractivity contribution is 4.87. The van der Waals surface area contributed by atoms with Crippen molar-refractivity contribution >= 4 is 0 Å². The second kappa shape index (κ2) is 11.4. The Kier molecular flexibility index (Phi) is 10.2. The second-order valence-corrected chi connectivity index (χ2v) is 6.05. The Bertz CT molecular complexity index is 246. The van der Waals surface area contributed by atoms with E-state index in [1.807, 2.05) is 0 Å². The average Bonchev–Trinajstić information content (AvgIpc) is 2.52. The van der Waals surface area contributed by atoms with Crippen molar-refractivity contribution in [2.45, 2.75) is 26.2 Å². The van der Waals surface area contributed by atoms with Crippen molar-refractivity contribution in [3.63, 3.8) is 0 Å². The van der Waals surface area contributed by atoms with E-state index >= 15 is 0 Å². The van der Waals surface area contributed by atoms with Gasteiger partial charge in [-0.25, -0.2) is 0 Å². The van der Waals surface area contributed by atoms with Crippen molar-refractivity contribution in [1.29, 1.82) is 0 Å². The topological polar surface area (TPSA) is 43.0 Å². The lowest BCUT2D eigenvalue weighted by Gasteiger charge is -2.41. The molecular weight excluding hydrogens is 268 g/mol. The third kappa shape index (κ3) is 7.56. The van der Waals surface area contributed by atoms with Crippen LogP contribution in [0.1, 0.15) is 26.2 Å². The van der Waals surface area contributed by atoms with Crippen LogP contribution < -0.4 is 5.32 Å². The predicted molar refractivity (Wildman–Crippen MR) is 85.8 cm³/mol. The minimum Gasteiger partial charge on any atom is -0.385 e. The maximum absolute atomic E-state index is 5.79. The molecule has 0 amide bonds. The van der Waals surface area contributed by atoms with E-state index in [2.05, 4.69) is 17.1 Å². The van der Waals surface area contributed by atoms with Crippen molar-refractivity contribution < 1.29 is 14.2 Å². The van der Waals surface area contributed by atoms with Gasteiger partial charge in [0.25, 0.3) is 0 Å². The van der Waals surface area contributed by atoms with Crippen molar-refractivity contribution in [3.8, 4) is 0 Å². The predicted octanol–water partition coefficient (Wildman–Crippen LogP) is 1.38. The second-order valence-electron chi connectivity index (χ2n) is 6.05. The van der Waals surface area contributed by atoms with E-state index < -0.39 is 0 Å². The Morgan fingerprint density at radius 3 is 2.62 bits per heavy atom. The summed E-state index contributed by atoms with van der Waals surface area (Å²) in [6.07, 6.45) is 3.48. The van der Waals surface area contributed by atoms with Crippen LogP contribution in [0, 0.1) is 5.41 Å². The summed E-state index contributed by atoms with van der Waals surface area (Å²) < 4.78 is 16.2. The lowest BCUT2D eigenvalue weighted by atomic mass is 9.81. The molecule has 5 heteroatoms. The van der Waals surface area contributed by atoms with Gasteiger partial charge in [0.1, 0.15) is 0 Å². The fourth-order valence-corrected chi connectivity index (χ4v) is 3.02. The zero-order valence-electron chi connectivity index (χ0n) is 14.2. The van der Waals surface area contributed by atoms with E-state index in [0.717, 1.165) is 65.6 Å². The van der Waals surface area contributed by atoms with Gasteiger partial charge < -0.3 is 24.4 Å². The highest BCUT2D eigenvalue weighted by Crippen LogP contribution is 2.29. The molecule has 1 N–H and O–H groups in total. The van der Waals surface area contributed by atoms with E-state index in [-0.39, 0.29) is 5.41 Å². The molecule has 1 rings (SSSR count). The first-order valence-electron chi connectivity index (χ1n) is 8.25. The van der Waals surface area contributed by atoms with Crippen LogP contribution in [0.5, 0.6) is 0 Å². The van der Waals surface area contributed by atoms with Gasteiger partial charge in [0.15, 0.2) is 0 Å². The number of methoxy groups -OCH3 is 2. The standard InChI is InChI=1S/C16H34N2O3/c1-4-17-13-16(7-5-11-21-15-16)14-18(9-12-20-3)8-6-10-19-2/h17H,4-15H2,1-3H3. The summed E-state index contributed by atoms with van der Waals surface area (Å²) in [5, 5.41) is 3.52. The number of hydrogen-bond acceptors (Lipinski definition) is 5. The van der Waals surface area contributed by atoms with E-state index in [4.69, 9.17) is 14.2 Å². The van der Waals surface area contributed by atoms with E-state index in [1.54, 1.807) is 14.2 Å². The van der Waals surface area contributed by atoms with Crippen LogP contribution in [-0.4, -0.2) is 78.3 Å². The maximum atomic E-state index is 5.79. The minimum absolute atomic E-state index is 0.245. The Balaban J connectivity index is 2.55. The van der Waals surface area contributed by atoms with Gasteiger partial charge in [-0.05, 0) is 25.8 Å². The van der Waals surface area contributed by atoms with Crippen LogP contribution >= 0.6 is 0 Å². The quantitative estimate of drug-likeness (QED) is 0.552.